The molecule has 1 N–H and O–H groups in total. The van der Waals surface area contributed by atoms with Gasteiger partial charge in [0.05, 0.1) is 16.9 Å². The molecule has 0 saturated heterocycles. The second-order valence-corrected chi connectivity index (χ2v) is 11.6. The van der Waals surface area contributed by atoms with Gasteiger partial charge in [0.15, 0.2) is 5.15 Å². The number of carbonyl (C=O) groups excluding carboxylic acids is 1. The number of amides is 1. The Hall–Kier alpha value is -3.19. The Morgan fingerprint density at radius 2 is 1.83 bits per heavy atom. The number of hydrogen-bond donors (Lipinski definition) is 1. The minimum atomic E-state index is -0.510. The lowest BCUT2D eigenvalue weighted by Crippen LogP contribution is -2.27. The summed E-state index contributed by atoms with van der Waals surface area (Å²) in [6, 6.07) is 13.6. The zero-order valence-corrected chi connectivity index (χ0v) is 22.6. The van der Waals surface area contributed by atoms with Gasteiger partial charge in [-0.2, -0.15) is 5.10 Å². The van der Waals surface area contributed by atoms with Crippen LogP contribution >= 0.6 is 11.6 Å². The average molecular weight is 508 g/mol. The van der Waals surface area contributed by atoms with Gasteiger partial charge >= 0.3 is 6.09 Å². The molecule has 36 heavy (non-hydrogen) atoms. The molecule has 0 radical (unpaired) electrons. The molecule has 7 nitrogen and oxygen atoms in total. The minimum Gasteiger partial charge on any atom is -0.444 e. The number of nitrogens with zero attached hydrogens (tertiary/aromatic N) is 4. The van der Waals surface area contributed by atoms with Gasteiger partial charge in [0.2, 0.25) is 0 Å². The van der Waals surface area contributed by atoms with Crippen molar-refractivity contribution in [2.75, 3.05) is 5.32 Å². The highest BCUT2D eigenvalue weighted by atomic mass is 35.5. The fourth-order valence-corrected chi connectivity index (χ4v) is 4.65. The number of allylic oxidation sites excluding steroid dienone is 2. The number of aromatic nitrogens is 4. The van der Waals surface area contributed by atoms with Gasteiger partial charge in [-0.1, -0.05) is 68.8 Å². The van der Waals surface area contributed by atoms with Gasteiger partial charge in [-0.25, -0.2) is 9.48 Å². The Morgan fingerprint density at radius 1 is 1.11 bits per heavy atom. The number of nitrogens with one attached hydrogen (secondary N) is 1. The van der Waals surface area contributed by atoms with E-state index in [0.29, 0.717) is 11.0 Å². The maximum Gasteiger partial charge on any atom is 0.413 e. The monoisotopic (exact) mass is 507 g/mol. The first kappa shape index (κ1) is 25.9. The van der Waals surface area contributed by atoms with Crippen LogP contribution in [-0.2, 0) is 22.3 Å². The molecule has 1 aliphatic rings. The quantitative estimate of drug-likeness (QED) is 0.398. The molecule has 1 aliphatic carbocycles. The van der Waals surface area contributed by atoms with Crippen molar-refractivity contribution in [2.24, 2.45) is 0 Å². The molecule has 0 aliphatic heterocycles. The summed E-state index contributed by atoms with van der Waals surface area (Å²) < 4.78 is 7.27. The molecule has 1 atom stereocenters. The van der Waals surface area contributed by atoms with Crippen LogP contribution < -0.4 is 5.32 Å². The van der Waals surface area contributed by atoms with Crippen LogP contribution in [0.3, 0.4) is 0 Å². The van der Waals surface area contributed by atoms with Crippen molar-refractivity contribution in [1.82, 2.24) is 20.0 Å². The van der Waals surface area contributed by atoms with E-state index in [1.54, 1.807) is 0 Å². The number of rotatable bonds is 5. The van der Waals surface area contributed by atoms with Crippen LogP contribution in [0.2, 0.25) is 5.15 Å². The van der Waals surface area contributed by atoms with E-state index in [0.717, 1.165) is 40.9 Å². The third-order valence-electron chi connectivity index (χ3n) is 6.20. The largest absolute Gasteiger partial charge is 0.444 e. The molecule has 0 spiro atoms. The number of halogens is 1. The van der Waals surface area contributed by atoms with Gasteiger partial charge in [0.1, 0.15) is 12.4 Å². The Morgan fingerprint density at radius 3 is 2.50 bits per heavy atom. The molecule has 2 heterocycles. The Bertz CT molecular complexity index is 1270. The predicted molar refractivity (Wildman–Crippen MR) is 143 cm³/mol. The summed E-state index contributed by atoms with van der Waals surface area (Å²) in [5.74, 6) is 0.721. The zero-order valence-electron chi connectivity index (χ0n) is 21.8. The lowest BCUT2D eigenvalue weighted by atomic mass is 9.87. The van der Waals surface area contributed by atoms with E-state index in [1.807, 2.05) is 47.1 Å². The van der Waals surface area contributed by atoms with E-state index in [1.165, 1.54) is 0 Å². The fraction of sp³-hybridized carbons (Fsp3) is 0.429. The normalized spacial score (nSPS) is 16.1. The van der Waals surface area contributed by atoms with Gasteiger partial charge in [-0.15, -0.1) is 10.2 Å². The second-order valence-electron chi connectivity index (χ2n) is 11.2. The van der Waals surface area contributed by atoms with E-state index in [9.17, 15) is 4.79 Å². The van der Waals surface area contributed by atoms with Crippen molar-refractivity contribution < 1.29 is 9.53 Å². The van der Waals surface area contributed by atoms with Crippen LogP contribution in [0, 0.1) is 0 Å². The molecular weight excluding hydrogens is 474 g/mol. The minimum absolute atomic E-state index is 0.111. The number of benzene rings is 1. The smallest absolute Gasteiger partial charge is 0.413 e. The second kappa shape index (κ2) is 10.1. The van der Waals surface area contributed by atoms with Crippen LogP contribution in [-0.4, -0.2) is 26.1 Å². The highest BCUT2D eigenvalue weighted by Crippen LogP contribution is 2.39. The van der Waals surface area contributed by atoms with Crippen molar-refractivity contribution in [3.05, 3.63) is 76.2 Å². The molecule has 190 valence electrons. The van der Waals surface area contributed by atoms with Gasteiger partial charge in [0, 0.05) is 12.0 Å². The third-order valence-corrected chi connectivity index (χ3v) is 6.48. The highest BCUT2D eigenvalue weighted by Gasteiger charge is 2.28. The molecule has 3 aromatic rings. The van der Waals surface area contributed by atoms with Gasteiger partial charge in [-0.05, 0) is 61.8 Å². The topological polar surface area (TPSA) is 81.9 Å². The Balaban J connectivity index is 1.54. The molecule has 0 fully saturated rings. The maximum absolute atomic E-state index is 12.6. The molecule has 1 aromatic carbocycles. The summed E-state index contributed by atoms with van der Waals surface area (Å²) in [6.07, 6.45) is 3.47. The predicted octanol–water partition coefficient (Wildman–Crippen LogP) is 7.09. The van der Waals surface area contributed by atoms with Crippen molar-refractivity contribution in [3.63, 3.8) is 0 Å². The number of ether oxygens (including phenoxy) is 1. The standard InChI is InChI=1S/C28H34ClN5O2/c1-27(2,3)21-15-22(31-32-25(21)29)19-12-13-20(14-19)23-16-24(34(33-23)28(4,5)6)30-26(35)36-17-18-10-8-7-9-11-18/h7-11,14-16,20H,12-13,17H2,1-6H3,(H,30,35). The van der Waals surface area contributed by atoms with Crippen LogP contribution in [0.25, 0.3) is 5.57 Å². The highest BCUT2D eigenvalue weighted by molar-refractivity contribution is 6.30. The van der Waals surface area contributed by atoms with Crippen LogP contribution in [0.5, 0.6) is 0 Å². The Labute approximate surface area is 217 Å². The Kier molecular flexibility index (Phi) is 7.23. The van der Waals surface area contributed by atoms with Gasteiger partial charge in [-0.3, -0.25) is 5.32 Å². The van der Waals surface area contributed by atoms with E-state index in [2.05, 4.69) is 63.1 Å². The van der Waals surface area contributed by atoms with Crippen molar-refractivity contribution in [1.29, 1.82) is 0 Å². The maximum atomic E-state index is 12.6. The van der Waals surface area contributed by atoms with Gasteiger partial charge < -0.3 is 4.74 Å². The van der Waals surface area contributed by atoms with Crippen molar-refractivity contribution in [2.45, 2.75) is 77.9 Å². The molecule has 8 heteroatoms. The number of anilines is 1. The van der Waals surface area contributed by atoms with Crippen molar-refractivity contribution >= 4 is 29.1 Å². The summed E-state index contributed by atoms with van der Waals surface area (Å²) >= 11 is 6.32. The molecule has 0 saturated carbocycles. The van der Waals surface area contributed by atoms with Crippen LogP contribution in [0.4, 0.5) is 10.6 Å². The summed E-state index contributed by atoms with van der Waals surface area (Å²) in [6.45, 7) is 12.7. The lowest BCUT2D eigenvalue weighted by molar-refractivity contribution is 0.154. The lowest BCUT2D eigenvalue weighted by Gasteiger charge is -2.22. The number of hydrogen-bond acceptors (Lipinski definition) is 5. The molecule has 4 rings (SSSR count). The average Bonchev–Trinajstić information content (AvgIpc) is 3.45. The van der Waals surface area contributed by atoms with E-state index < -0.39 is 6.09 Å². The summed E-state index contributed by atoms with van der Waals surface area (Å²) in [4.78, 5) is 12.6. The molecule has 1 amide bonds. The zero-order chi connectivity index (χ0) is 26.1. The van der Waals surface area contributed by atoms with E-state index >= 15 is 0 Å². The summed E-state index contributed by atoms with van der Waals surface area (Å²) in [5, 5.41) is 16.8. The SMILES string of the molecule is CC(C)(C)c1cc(C2=CC(c3cc(NC(=O)OCc4ccccc4)n(C(C)(C)C)n3)CC2)nnc1Cl. The summed E-state index contributed by atoms with van der Waals surface area (Å²) in [5.41, 5.74) is 4.35. The third kappa shape index (κ3) is 5.95. The molecule has 1 unspecified atom stereocenters. The summed E-state index contributed by atoms with van der Waals surface area (Å²) in [7, 11) is 0. The van der Waals surface area contributed by atoms with E-state index in [4.69, 9.17) is 21.4 Å². The first-order valence-electron chi connectivity index (χ1n) is 12.2. The molecule has 0 bridgehead atoms. The van der Waals surface area contributed by atoms with Gasteiger partial charge in [0.25, 0.3) is 0 Å². The first-order valence-corrected chi connectivity index (χ1v) is 12.6. The fourth-order valence-electron chi connectivity index (χ4n) is 4.27. The van der Waals surface area contributed by atoms with Crippen molar-refractivity contribution in [3.8, 4) is 0 Å². The molecular formula is C28H34ClN5O2. The number of carbonyl (C=O) groups is 1. The first-order chi connectivity index (χ1) is 16.9. The van der Waals surface area contributed by atoms with Crippen LogP contribution in [0.15, 0.2) is 48.5 Å². The molecule has 2 aromatic heterocycles. The van der Waals surface area contributed by atoms with Crippen LogP contribution in [0.1, 0.15) is 82.8 Å². The van der Waals surface area contributed by atoms with E-state index in [-0.39, 0.29) is 23.5 Å².